The molecule has 0 aromatic heterocycles. The quantitative estimate of drug-likeness (QED) is 0.523. The van der Waals surface area contributed by atoms with Gasteiger partial charge in [-0.1, -0.05) is 54.1 Å². The molecule has 0 atom stereocenters. The molecular weight excluding hydrogens is 392 g/mol. The third-order valence-corrected chi connectivity index (χ3v) is 7.85. The van der Waals surface area contributed by atoms with Crippen molar-refractivity contribution in [2.24, 2.45) is 0 Å². The van der Waals surface area contributed by atoms with E-state index in [-0.39, 0.29) is 0 Å². The Kier molecular flexibility index (Phi) is 5.23. The van der Waals surface area contributed by atoms with Gasteiger partial charge in [-0.25, -0.2) is 13.3 Å². The van der Waals surface area contributed by atoms with Gasteiger partial charge in [-0.2, -0.15) is 4.31 Å². The molecule has 0 spiro atoms. The summed E-state index contributed by atoms with van der Waals surface area (Å²) < 4.78 is 28.4. The van der Waals surface area contributed by atoms with Gasteiger partial charge in [-0.05, 0) is 66.6 Å². The molecule has 0 amide bonds. The van der Waals surface area contributed by atoms with E-state index < -0.39 is 10.0 Å². The van der Waals surface area contributed by atoms with E-state index in [2.05, 4.69) is 10.9 Å². The summed E-state index contributed by atoms with van der Waals surface area (Å²) in [5.74, 6) is 0. The Hall–Kier alpha value is -2.94. The van der Waals surface area contributed by atoms with Crippen molar-refractivity contribution < 1.29 is 8.42 Å². The van der Waals surface area contributed by atoms with Crippen LogP contribution in [0.2, 0.25) is 0 Å². The van der Waals surface area contributed by atoms with E-state index in [1.165, 1.54) is 5.56 Å². The minimum absolute atomic E-state index is 0.382. The summed E-state index contributed by atoms with van der Waals surface area (Å²) in [7, 11) is -3.55. The van der Waals surface area contributed by atoms with Gasteiger partial charge in [-0.3, -0.25) is 0 Å². The molecule has 1 heterocycles. The van der Waals surface area contributed by atoms with Crippen molar-refractivity contribution in [3.8, 4) is 11.1 Å². The van der Waals surface area contributed by atoms with Crippen LogP contribution >= 0.6 is 0 Å². The van der Waals surface area contributed by atoms with Gasteiger partial charge in [0.05, 0.1) is 11.5 Å². The summed E-state index contributed by atoms with van der Waals surface area (Å²) in [6, 6.07) is 17.6. The second kappa shape index (κ2) is 7.71. The zero-order chi connectivity index (χ0) is 21.5. The number of benzene rings is 3. The fraction of sp³-hybridized carbons (Fsp3) is 0.240. The Bertz CT molecular complexity index is 1260. The average Bonchev–Trinajstić information content (AvgIpc) is 2.72. The zero-order valence-electron chi connectivity index (χ0n) is 17.4. The van der Waals surface area contributed by atoms with Crippen LogP contribution in [0.1, 0.15) is 27.8 Å². The summed E-state index contributed by atoms with van der Waals surface area (Å²) >= 11 is 0. The highest BCUT2D eigenvalue weighted by Gasteiger charge is 2.30. The summed E-state index contributed by atoms with van der Waals surface area (Å²) in [4.78, 5) is 3.94. The Morgan fingerprint density at radius 2 is 1.60 bits per heavy atom. The van der Waals surface area contributed by atoms with Crippen LogP contribution in [0.4, 0.5) is 5.69 Å². The van der Waals surface area contributed by atoms with Crippen molar-refractivity contribution >= 4 is 15.7 Å². The van der Waals surface area contributed by atoms with Crippen molar-refractivity contribution in [1.82, 2.24) is 4.31 Å². The Labute approximate surface area is 178 Å². The third-order valence-electron chi connectivity index (χ3n) is 5.69. The van der Waals surface area contributed by atoms with Crippen molar-refractivity contribution in [3.05, 3.63) is 93.8 Å². The van der Waals surface area contributed by atoms with Gasteiger partial charge in [0.2, 0.25) is 10.0 Å². The van der Waals surface area contributed by atoms with Crippen LogP contribution in [-0.2, 0) is 23.0 Å². The predicted molar refractivity (Wildman–Crippen MR) is 120 cm³/mol. The van der Waals surface area contributed by atoms with Crippen LogP contribution in [0.5, 0.6) is 0 Å². The summed E-state index contributed by atoms with van der Waals surface area (Å²) in [5, 5.41) is 0. The molecule has 0 bridgehead atoms. The molecule has 1 aliphatic heterocycles. The third kappa shape index (κ3) is 3.65. The molecule has 0 saturated carbocycles. The molecule has 3 aromatic carbocycles. The SMILES string of the molecule is [C-]#[N+]c1cccc(-c2ccc3c(c2)CCN(S(=O)(=O)c2c(C)cc(C)cc2C)C3)c1. The minimum atomic E-state index is -3.55. The van der Waals surface area contributed by atoms with E-state index in [1.807, 2.05) is 63.2 Å². The van der Waals surface area contributed by atoms with Crippen LogP contribution in [0.3, 0.4) is 0 Å². The maximum Gasteiger partial charge on any atom is 0.243 e. The molecule has 0 N–H and O–H groups in total. The summed E-state index contributed by atoms with van der Waals surface area (Å²) in [5.41, 5.74) is 7.56. The van der Waals surface area contributed by atoms with Gasteiger partial charge < -0.3 is 0 Å². The van der Waals surface area contributed by atoms with Gasteiger partial charge in [0, 0.05) is 13.1 Å². The lowest BCUT2D eigenvalue weighted by Gasteiger charge is -2.29. The summed E-state index contributed by atoms with van der Waals surface area (Å²) in [6.07, 6.45) is 0.675. The number of hydrogen-bond acceptors (Lipinski definition) is 2. The average molecular weight is 417 g/mol. The Morgan fingerprint density at radius 3 is 2.30 bits per heavy atom. The molecule has 0 saturated heterocycles. The first-order valence-corrected chi connectivity index (χ1v) is 11.4. The van der Waals surface area contributed by atoms with E-state index in [0.717, 1.165) is 33.4 Å². The monoisotopic (exact) mass is 416 g/mol. The molecule has 4 nitrogen and oxygen atoms in total. The second-order valence-electron chi connectivity index (χ2n) is 7.96. The fourth-order valence-corrected chi connectivity index (χ4v) is 6.20. The standard InChI is InChI=1S/C25H24N2O2S/c1-17-12-18(2)25(19(3)13-17)30(28,29)27-11-10-22-14-21(8-9-23(22)16-27)20-6-5-7-24(15-20)26-4/h5-9,12-15H,10-11,16H2,1-3H3. The largest absolute Gasteiger partial charge is 0.243 e. The van der Waals surface area contributed by atoms with E-state index in [1.54, 1.807) is 10.4 Å². The molecule has 0 unspecified atom stereocenters. The van der Waals surface area contributed by atoms with Crippen LogP contribution in [0.15, 0.2) is 59.5 Å². The molecule has 0 aliphatic carbocycles. The lowest BCUT2D eigenvalue weighted by Crippen LogP contribution is -2.36. The van der Waals surface area contributed by atoms with Gasteiger partial charge in [-0.15, -0.1) is 0 Å². The normalized spacial score (nSPS) is 14.2. The Morgan fingerprint density at radius 1 is 0.900 bits per heavy atom. The first-order valence-electron chi connectivity index (χ1n) is 9.97. The molecule has 1 aliphatic rings. The number of rotatable bonds is 3. The number of aryl methyl sites for hydroxylation is 3. The highest BCUT2D eigenvalue weighted by molar-refractivity contribution is 7.89. The molecule has 5 heteroatoms. The summed E-state index contributed by atoms with van der Waals surface area (Å²) in [6.45, 7) is 13.8. The molecule has 30 heavy (non-hydrogen) atoms. The second-order valence-corrected chi connectivity index (χ2v) is 9.84. The predicted octanol–water partition coefficient (Wildman–Crippen LogP) is 5.58. The van der Waals surface area contributed by atoms with E-state index in [4.69, 9.17) is 6.57 Å². The highest BCUT2D eigenvalue weighted by Crippen LogP contribution is 2.32. The minimum Gasteiger partial charge on any atom is -0.238 e. The van der Waals surface area contributed by atoms with Crippen molar-refractivity contribution in [2.45, 2.75) is 38.6 Å². The van der Waals surface area contributed by atoms with Crippen molar-refractivity contribution in [3.63, 3.8) is 0 Å². The lowest BCUT2D eigenvalue weighted by molar-refractivity contribution is 0.391. The van der Waals surface area contributed by atoms with E-state index >= 15 is 0 Å². The number of fused-ring (bicyclic) bond motifs is 1. The molecule has 0 fully saturated rings. The fourth-order valence-electron chi connectivity index (χ4n) is 4.37. The first kappa shape index (κ1) is 20.3. The maximum atomic E-state index is 13.4. The smallest absolute Gasteiger partial charge is 0.238 e. The maximum absolute atomic E-state index is 13.4. The van der Waals surface area contributed by atoms with E-state index in [9.17, 15) is 8.42 Å². The van der Waals surface area contributed by atoms with Crippen LogP contribution in [-0.4, -0.2) is 19.3 Å². The topological polar surface area (TPSA) is 41.7 Å². The molecular formula is C25H24N2O2S. The number of hydrogen-bond donors (Lipinski definition) is 0. The molecule has 152 valence electrons. The van der Waals surface area contributed by atoms with Crippen LogP contribution < -0.4 is 0 Å². The molecule has 0 radical (unpaired) electrons. The van der Waals surface area contributed by atoms with Crippen molar-refractivity contribution in [1.29, 1.82) is 0 Å². The van der Waals surface area contributed by atoms with Crippen molar-refractivity contribution in [2.75, 3.05) is 6.54 Å². The van der Waals surface area contributed by atoms with Gasteiger partial charge in [0.25, 0.3) is 0 Å². The zero-order valence-corrected chi connectivity index (χ0v) is 18.3. The number of nitrogens with zero attached hydrogens (tertiary/aromatic N) is 2. The molecule has 4 rings (SSSR count). The van der Waals surface area contributed by atoms with E-state index in [0.29, 0.717) is 30.1 Å². The number of sulfonamides is 1. The van der Waals surface area contributed by atoms with Gasteiger partial charge >= 0.3 is 0 Å². The first-order chi connectivity index (χ1) is 14.3. The van der Waals surface area contributed by atoms with Gasteiger partial charge in [0.15, 0.2) is 5.69 Å². The lowest BCUT2D eigenvalue weighted by atomic mass is 9.95. The van der Waals surface area contributed by atoms with Gasteiger partial charge in [0.1, 0.15) is 0 Å². The van der Waals surface area contributed by atoms with Crippen LogP contribution in [0, 0.1) is 27.3 Å². The highest BCUT2D eigenvalue weighted by atomic mass is 32.2. The Balaban J connectivity index is 1.65. The van der Waals surface area contributed by atoms with Crippen LogP contribution in [0.25, 0.3) is 16.0 Å². The molecule has 3 aromatic rings.